The maximum Gasteiger partial charge on any atom is 0.263 e. The first-order valence-electron chi connectivity index (χ1n) is 8.77. The molecule has 1 saturated heterocycles. The highest BCUT2D eigenvalue weighted by atomic mass is 16.5. The third kappa shape index (κ3) is 9.50. The molecule has 7 heteroatoms. The van der Waals surface area contributed by atoms with Crippen molar-refractivity contribution >= 4 is 5.91 Å². The number of hydrogen-bond acceptors (Lipinski definition) is 6. The number of rotatable bonds is 12. The van der Waals surface area contributed by atoms with Gasteiger partial charge in [-0.25, -0.2) is 0 Å². The molecule has 0 unspecified atom stereocenters. The first-order valence-corrected chi connectivity index (χ1v) is 8.77. The quantitative estimate of drug-likeness (QED) is 0.308. The lowest BCUT2D eigenvalue weighted by molar-refractivity contribution is -0.117. The number of ether oxygens (including phenoxy) is 2. The molecule has 24 heavy (non-hydrogen) atoms. The zero-order valence-electron chi connectivity index (χ0n) is 14.7. The first-order chi connectivity index (χ1) is 11.8. The molecule has 0 bridgehead atoms. The van der Waals surface area contributed by atoms with Crippen LogP contribution < -0.4 is 10.6 Å². The Morgan fingerprint density at radius 2 is 2.04 bits per heavy atom. The molecule has 7 nitrogen and oxygen atoms in total. The van der Waals surface area contributed by atoms with Crippen molar-refractivity contribution in [3.8, 4) is 6.07 Å². The summed E-state index contributed by atoms with van der Waals surface area (Å²) in [5, 5.41) is 14.8. The largest absolute Gasteiger partial charge is 0.390 e. The highest BCUT2D eigenvalue weighted by Crippen LogP contribution is 1.96. The number of unbranched alkanes of at least 4 members (excludes halogenated alkanes) is 1. The Morgan fingerprint density at radius 3 is 2.75 bits per heavy atom. The molecule has 0 aliphatic carbocycles. The van der Waals surface area contributed by atoms with Crippen LogP contribution in [-0.4, -0.2) is 70.0 Å². The highest BCUT2D eigenvalue weighted by Gasteiger charge is 2.12. The topological polar surface area (TPSA) is 86.6 Å². The SMILES string of the molecule is CCCCOCCCN/C=C(/C#N)C(=O)NCCN1CCOCC1. The standard InChI is InChI=1S/C17H30N4O3/c1-2-3-10-23-11-4-5-19-15-16(14-18)17(22)20-6-7-21-8-12-24-13-9-21/h15,19H,2-13H2,1H3,(H,20,22)/b16-15-. The van der Waals surface area contributed by atoms with Crippen LogP contribution in [-0.2, 0) is 14.3 Å². The molecule has 0 aromatic carbocycles. The summed E-state index contributed by atoms with van der Waals surface area (Å²) in [6.45, 7) is 8.85. The minimum absolute atomic E-state index is 0.101. The number of carbonyl (C=O) groups is 1. The number of morpholine rings is 1. The third-order valence-corrected chi connectivity index (χ3v) is 3.68. The molecular weight excluding hydrogens is 308 g/mol. The van der Waals surface area contributed by atoms with Crippen molar-refractivity contribution in [2.75, 3.05) is 59.2 Å². The van der Waals surface area contributed by atoms with E-state index in [-0.39, 0.29) is 11.5 Å². The van der Waals surface area contributed by atoms with Crippen molar-refractivity contribution in [2.45, 2.75) is 26.2 Å². The fourth-order valence-electron chi connectivity index (χ4n) is 2.20. The van der Waals surface area contributed by atoms with Gasteiger partial charge in [-0.3, -0.25) is 9.69 Å². The molecule has 0 radical (unpaired) electrons. The van der Waals surface area contributed by atoms with Crippen molar-refractivity contribution < 1.29 is 14.3 Å². The molecule has 1 heterocycles. The molecule has 136 valence electrons. The van der Waals surface area contributed by atoms with Gasteiger partial charge in [0.1, 0.15) is 11.6 Å². The zero-order valence-corrected chi connectivity index (χ0v) is 14.7. The zero-order chi connectivity index (χ0) is 17.5. The van der Waals surface area contributed by atoms with Crippen molar-refractivity contribution in [1.29, 1.82) is 5.26 Å². The molecule has 0 atom stereocenters. The number of nitrogens with one attached hydrogen (secondary N) is 2. The van der Waals surface area contributed by atoms with E-state index in [1.807, 2.05) is 6.07 Å². The van der Waals surface area contributed by atoms with Crippen LogP contribution in [0.4, 0.5) is 0 Å². The average Bonchev–Trinajstić information content (AvgIpc) is 2.61. The van der Waals surface area contributed by atoms with E-state index in [4.69, 9.17) is 14.7 Å². The van der Waals surface area contributed by atoms with E-state index in [1.165, 1.54) is 6.20 Å². The van der Waals surface area contributed by atoms with Crippen molar-refractivity contribution in [3.63, 3.8) is 0 Å². The van der Waals surface area contributed by atoms with Crippen LogP contribution in [0.2, 0.25) is 0 Å². The summed E-state index contributed by atoms with van der Waals surface area (Å²) in [6, 6.07) is 1.93. The Bertz CT molecular complexity index is 415. The Balaban J connectivity index is 2.12. The average molecular weight is 338 g/mol. The molecule has 0 spiro atoms. The summed E-state index contributed by atoms with van der Waals surface area (Å²) in [5.41, 5.74) is 0.101. The molecule has 1 rings (SSSR count). The second-order valence-corrected chi connectivity index (χ2v) is 5.65. The Labute approximate surface area is 145 Å². The minimum atomic E-state index is -0.336. The van der Waals surface area contributed by atoms with Gasteiger partial charge in [0.05, 0.1) is 13.2 Å². The van der Waals surface area contributed by atoms with E-state index in [9.17, 15) is 4.79 Å². The second-order valence-electron chi connectivity index (χ2n) is 5.65. The van der Waals surface area contributed by atoms with Gasteiger partial charge in [0, 0.05) is 52.1 Å². The van der Waals surface area contributed by atoms with Crippen LogP contribution >= 0.6 is 0 Å². The van der Waals surface area contributed by atoms with E-state index in [2.05, 4.69) is 22.5 Å². The number of hydrogen-bond donors (Lipinski definition) is 2. The van der Waals surface area contributed by atoms with Crippen LogP contribution in [0.15, 0.2) is 11.8 Å². The molecule has 1 fully saturated rings. The summed E-state index contributed by atoms with van der Waals surface area (Å²) in [4.78, 5) is 14.2. The summed E-state index contributed by atoms with van der Waals surface area (Å²) in [6.07, 6.45) is 4.54. The Morgan fingerprint density at radius 1 is 1.29 bits per heavy atom. The van der Waals surface area contributed by atoms with Gasteiger partial charge in [0.15, 0.2) is 0 Å². The minimum Gasteiger partial charge on any atom is -0.390 e. The molecule has 1 amide bonds. The highest BCUT2D eigenvalue weighted by molar-refractivity contribution is 5.97. The molecule has 0 saturated carbocycles. The smallest absolute Gasteiger partial charge is 0.263 e. The summed E-state index contributed by atoms with van der Waals surface area (Å²) in [7, 11) is 0. The van der Waals surface area contributed by atoms with Gasteiger partial charge in [-0.15, -0.1) is 0 Å². The van der Waals surface area contributed by atoms with Gasteiger partial charge in [-0.2, -0.15) is 5.26 Å². The number of amides is 1. The summed E-state index contributed by atoms with van der Waals surface area (Å²) < 4.78 is 10.7. The lowest BCUT2D eigenvalue weighted by Crippen LogP contribution is -2.41. The summed E-state index contributed by atoms with van der Waals surface area (Å²) >= 11 is 0. The lowest BCUT2D eigenvalue weighted by atomic mass is 10.3. The maximum atomic E-state index is 11.9. The number of nitriles is 1. The van der Waals surface area contributed by atoms with Crippen LogP contribution in [0.1, 0.15) is 26.2 Å². The molecule has 2 N–H and O–H groups in total. The van der Waals surface area contributed by atoms with Gasteiger partial charge in [0.25, 0.3) is 5.91 Å². The molecule has 0 aromatic rings. The van der Waals surface area contributed by atoms with E-state index in [0.717, 1.165) is 58.7 Å². The third-order valence-electron chi connectivity index (χ3n) is 3.68. The molecular formula is C17H30N4O3. The predicted molar refractivity (Wildman–Crippen MR) is 92.3 cm³/mol. The van der Waals surface area contributed by atoms with E-state index in [0.29, 0.717) is 19.7 Å². The van der Waals surface area contributed by atoms with Gasteiger partial charge in [-0.1, -0.05) is 13.3 Å². The van der Waals surface area contributed by atoms with Gasteiger partial charge >= 0.3 is 0 Å². The molecule has 1 aliphatic heterocycles. The monoisotopic (exact) mass is 338 g/mol. The van der Waals surface area contributed by atoms with Crippen LogP contribution in [0.3, 0.4) is 0 Å². The van der Waals surface area contributed by atoms with Gasteiger partial charge in [0.2, 0.25) is 0 Å². The summed E-state index contributed by atoms with van der Waals surface area (Å²) in [5.74, 6) is -0.336. The predicted octanol–water partition coefficient (Wildman–Crippen LogP) is 0.639. The number of nitrogens with zero attached hydrogens (tertiary/aromatic N) is 2. The van der Waals surface area contributed by atoms with Crippen molar-refractivity contribution in [2.24, 2.45) is 0 Å². The molecule has 0 aromatic heterocycles. The van der Waals surface area contributed by atoms with Gasteiger partial charge < -0.3 is 20.1 Å². The van der Waals surface area contributed by atoms with E-state index >= 15 is 0 Å². The van der Waals surface area contributed by atoms with Crippen LogP contribution in [0.5, 0.6) is 0 Å². The van der Waals surface area contributed by atoms with E-state index < -0.39 is 0 Å². The fraction of sp³-hybridized carbons (Fsp3) is 0.765. The molecule has 1 aliphatic rings. The van der Waals surface area contributed by atoms with Crippen LogP contribution in [0.25, 0.3) is 0 Å². The maximum absolute atomic E-state index is 11.9. The van der Waals surface area contributed by atoms with Gasteiger partial charge in [-0.05, 0) is 12.8 Å². The van der Waals surface area contributed by atoms with E-state index in [1.54, 1.807) is 0 Å². The Hall–Kier alpha value is -1.62. The number of carbonyl (C=O) groups excluding carboxylic acids is 1. The fourth-order valence-corrected chi connectivity index (χ4v) is 2.20. The van der Waals surface area contributed by atoms with Crippen LogP contribution in [0, 0.1) is 11.3 Å². The van der Waals surface area contributed by atoms with Crippen molar-refractivity contribution in [3.05, 3.63) is 11.8 Å². The second kappa shape index (κ2) is 13.8. The lowest BCUT2D eigenvalue weighted by Gasteiger charge is -2.26. The Kier molecular flexibility index (Phi) is 11.7. The normalized spacial score (nSPS) is 15.8. The van der Waals surface area contributed by atoms with Crippen molar-refractivity contribution in [1.82, 2.24) is 15.5 Å². The first kappa shape index (κ1) is 20.4.